The first-order chi connectivity index (χ1) is 17.7. The van der Waals surface area contributed by atoms with Crippen molar-refractivity contribution >= 4 is 11.8 Å². The van der Waals surface area contributed by atoms with E-state index in [9.17, 15) is 9.59 Å². The third kappa shape index (κ3) is 5.95. The molecule has 0 saturated carbocycles. The van der Waals surface area contributed by atoms with Crippen LogP contribution in [-0.2, 0) is 13.1 Å². The maximum absolute atomic E-state index is 13.0. The maximum atomic E-state index is 13.0. The van der Waals surface area contributed by atoms with Crippen LogP contribution in [0.25, 0.3) is 0 Å². The van der Waals surface area contributed by atoms with Gasteiger partial charge in [-0.1, -0.05) is 0 Å². The zero-order valence-corrected chi connectivity index (χ0v) is 20.5. The van der Waals surface area contributed by atoms with E-state index in [1.54, 1.807) is 24.3 Å². The first kappa shape index (κ1) is 24.1. The summed E-state index contributed by atoms with van der Waals surface area (Å²) in [5.41, 5.74) is 3.74. The number of nitrogens with zero attached hydrogens (tertiary/aromatic N) is 6. The van der Waals surface area contributed by atoms with E-state index in [1.807, 2.05) is 58.9 Å². The Kier molecular flexibility index (Phi) is 7.64. The Bertz CT molecular complexity index is 1050. The lowest BCUT2D eigenvalue weighted by Crippen LogP contribution is -2.48. The van der Waals surface area contributed by atoms with Crippen LogP contribution >= 0.6 is 0 Å². The van der Waals surface area contributed by atoms with Gasteiger partial charge in [0.15, 0.2) is 0 Å². The molecule has 5 rings (SSSR count). The topological polar surface area (TPSA) is 72.9 Å². The summed E-state index contributed by atoms with van der Waals surface area (Å²) in [7, 11) is 0. The van der Waals surface area contributed by atoms with E-state index in [1.165, 1.54) is 11.1 Å². The third-order valence-electron chi connectivity index (χ3n) is 7.01. The highest BCUT2D eigenvalue weighted by molar-refractivity contribution is 5.98. The molecule has 0 bridgehead atoms. The van der Waals surface area contributed by atoms with Gasteiger partial charge in [0.2, 0.25) is 0 Å². The van der Waals surface area contributed by atoms with E-state index in [0.29, 0.717) is 37.3 Å². The van der Waals surface area contributed by atoms with E-state index in [-0.39, 0.29) is 11.8 Å². The van der Waals surface area contributed by atoms with Gasteiger partial charge < -0.3 is 9.80 Å². The van der Waals surface area contributed by atoms with Crippen LogP contribution < -0.4 is 0 Å². The smallest absolute Gasteiger partial charge is 0.253 e. The van der Waals surface area contributed by atoms with E-state index in [2.05, 4.69) is 19.8 Å². The second-order valence-electron chi connectivity index (χ2n) is 9.42. The monoisotopic (exact) mass is 484 g/mol. The summed E-state index contributed by atoms with van der Waals surface area (Å²) in [5.74, 6) is 0.0598. The highest BCUT2D eigenvalue weighted by Gasteiger charge is 2.24. The first-order valence-electron chi connectivity index (χ1n) is 12.6. The van der Waals surface area contributed by atoms with Gasteiger partial charge in [-0.05, 0) is 59.7 Å². The Morgan fingerprint density at radius 3 is 1.19 bits per heavy atom. The molecule has 0 unspecified atom stereocenters. The van der Waals surface area contributed by atoms with Crippen molar-refractivity contribution in [3.63, 3.8) is 0 Å². The van der Waals surface area contributed by atoms with E-state index in [0.717, 1.165) is 39.3 Å². The number of hydrogen-bond donors (Lipinski definition) is 0. The number of carbonyl (C=O) groups is 2. The van der Waals surface area contributed by atoms with Gasteiger partial charge in [-0.3, -0.25) is 29.4 Å². The van der Waals surface area contributed by atoms with Gasteiger partial charge in [0.1, 0.15) is 0 Å². The minimum Gasteiger partial charge on any atom is -0.336 e. The number of benzene rings is 1. The number of carbonyl (C=O) groups excluding carboxylic acids is 2. The van der Waals surface area contributed by atoms with Crippen LogP contribution in [0.15, 0.2) is 73.3 Å². The van der Waals surface area contributed by atoms with Gasteiger partial charge in [-0.15, -0.1) is 0 Å². The lowest BCUT2D eigenvalue weighted by molar-refractivity contribution is 0.0617. The lowest BCUT2D eigenvalue weighted by Gasteiger charge is -2.35. The van der Waals surface area contributed by atoms with Gasteiger partial charge in [0, 0.05) is 101 Å². The van der Waals surface area contributed by atoms with Crippen molar-refractivity contribution in [3.8, 4) is 0 Å². The van der Waals surface area contributed by atoms with Gasteiger partial charge in [-0.2, -0.15) is 0 Å². The van der Waals surface area contributed by atoms with Crippen molar-refractivity contribution in [2.75, 3.05) is 52.4 Å². The number of amides is 2. The fourth-order valence-corrected chi connectivity index (χ4v) is 4.83. The van der Waals surface area contributed by atoms with Crippen LogP contribution in [0.4, 0.5) is 0 Å². The van der Waals surface area contributed by atoms with E-state index >= 15 is 0 Å². The standard InChI is InChI=1S/C28H32N6O2/c35-27(33-17-13-31(14-18-33)21-23-5-9-29-10-6-23)25-1-2-26(4-3-25)28(36)34-19-15-32(16-20-34)22-24-7-11-30-12-8-24/h1-12H,13-22H2. The number of rotatable bonds is 6. The Labute approximate surface area is 212 Å². The number of aromatic nitrogens is 2. The molecule has 0 radical (unpaired) electrons. The molecular weight excluding hydrogens is 452 g/mol. The molecule has 2 aliphatic rings. The summed E-state index contributed by atoms with van der Waals surface area (Å²) < 4.78 is 0. The summed E-state index contributed by atoms with van der Waals surface area (Å²) in [6.45, 7) is 7.94. The highest BCUT2D eigenvalue weighted by atomic mass is 16.2. The van der Waals surface area contributed by atoms with E-state index in [4.69, 9.17) is 0 Å². The molecular formula is C28H32N6O2. The SMILES string of the molecule is O=C(c1ccc(C(=O)N2CCN(Cc3ccncc3)CC2)cc1)N1CCN(Cc2ccncc2)CC1. The van der Waals surface area contributed by atoms with Crippen molar-refractivity contribution in [2.24, 2.45) is 0 Å². The molecule has 2 fully saturated rings. The second kappa shape index (κ2) is 11.4. The van der Waals surface area contributed by atoms with Crippen LogP contribution in [0.2, 0.25) is 0 Å². The largest absolute Gasteiger partial charge is 0.336 e. The molecule has 186 valence electrons. The molecule has 2 saturated heterocycles. The Balaban J connectivity index is 1.10. The molecule has 4 heterocycles. The predicted molar refractivity (Wildman–Crippen MR) is 137 cm³/mol. The molecule has 36 heavy (non-hydrogen) atoms. The van der Waals surface area contributed by atoms with E-state index < -0.39 is 0 Å². The second-order valence-corrected chi connectivity index (χ2v) is 9.42. The summed E-state index contributed by atoms with van der Waals surface area (Å²) in [6, 6.07) is 15.3. The van der Waals surface area contributed by atoms with Crippen molar-refractivity contribution in [3.05, 3.63) is 95.6 Å². The Morgan fingerprint density at radius 1 is 0.528 bits per heavy atom. The highest BCUT2D eigenvalue weighted by Crippen LogP contribution is 2.15. The van der Waals surface area contributed by atoms with Crippen LogP contribution in [0.1, 0.15) is 31.8 Å². The predicted octanol–water partition coefficient (Wildman–Crippen LogP) is 2.39. The number of piperazine rings is 2. The molecule has 0 atom stereocenters. The van der Waals surface area contributed by atoms with Gasteiger partial charge >= 0.3 is 0 Å². The average Bonchev–Trinajstić information content (AvgIpc) is 2.94. The molecule has 0 aliphatic carbocycles. The van der Waals surface area contributed by atoms with Crippen LogP contribution in [-0.4, -0.2) is 93.7 Å². The van der Waals surface area contributed by atoms with Crippen molar-refractivity contribution < 1.29 is 9.59 Å². The Morgan fingerprint density at radius 2 is 0.861 bits per heavy atom. The molecule has 2 aromatic heterocycles. The minimum atomic E-state index is 0.0299. The van der Waals surface area contributed by atoms with Crippen molar-refractivity contribution in [1.29, 1.82) is 0 Å². The van der Waals surface area contributed by atoms with Gasteiger partial charge in [0.05, 0.1) is 0 Å². The normalized spacial score (nSPS) is 17.2. The Hall–Kier alpha value is -3.62. The van der Waals surface area contributed by atoms with Gasteiger partial charge in [-0.25, -0.2) is 0 Å². The molecule has 1 aromatic carbocycles. The molecule has 8 nitrogen and oxygen atoms in total. The average molecular weight is 485 g/mol. The van der Waals surface area contributed by atoms with Gasteiger partial charge in [0.25, 0.3) is 11.8 Å². The zero-order chi connectivity index (χ0) is 24.7. The lowest BCUT2D eigenvalue weighted by atomic mass is 10.1. The zero-order valence-electron chi connectivity index (χ0n) is 20.5. The number of hydrogen-bond acceptors (Lipinski definition) is 6. The fourth-order valence-electron chi connectivity index (χ4n) is 4.83. The summed E-state index contributed by atoms with van der Waals surface area (Å²) in [6.07, 6.45) is 7.25. The maximum Gasteiger partial charge on any atom is 0.253 e. The molecule has 0 N–H and O–H groups in total. The minimum absolute atomic E-state index is 0.0299. The third-order valence-corrected chi connectivity index (χ3v) is 7.01. The molecule has 8 heteroatoms. The van der Waals surface area contributed by atoms with Crippen molar-refractivity contribution in [1.82, 2.24) is 29.6 Å². The quantitative estimate of drug-likeness (QED) is 0.535. The summed E-state index contributed by atoms with van der Waals surface area (Å²) in [4.78, 5) is 42.7. The first-order valence-corrected chi connectivity index (χ1v) is 12.6. The van der Waals surface area contributed by atoms with Crippen molar-refractivity contribution in [2.45, 2.75) is 13.1 Å². The summed E-state index contributed by atoms with van der Waals surface area (Å²) in [5, 5.41) is 0. The van der Waals surface area contributed by atoms with Crippen LogP contribution in [0.5, 0.6) is 0 Å². The molecule has 3 aromatic rings. The fraction of sp³-hybridized carbons (Fsp3) is 0.357. The molecule has 2 aliphatic heterocycles. The molecule has 0 spiro atoms. The number of pyridine rings is 2. The van der Waals surface area contributed by atoms with Crippen LogP contribution in [0, 0.1) is 0 Å². The summed E-state index contributed by atoms with van der Waals surface area (Å²) >= 11 is 0. The molecule has 2 amide bonds. The van der Waals surface area contributed by atoms with Crippen LogP contribution in [0.3, 0.4) is 0 Å².